The molecule has 0 saturated carbocycles. The van der Waals surface area contributed by atoms with Crippen LogP contribution in [0.4, 0.5) is 0 Å². The first-order valence-electron chi connectivity index (χ1n) is 7.23. The minimum atomic E-state index is -0.339. The van der Waals surface area contributed by atoms with E-state index in [1.807, 2.05) is 48.5 Å². The number of methoxy groups -OCH3 is 1. The van der Waals surface area contributed by atoms with Crippen LogP contribution >= 0.6 is 15.9 Å². The molecule has 0 aliphatic heterocycles. The van der Waals surface area contributed by atoms with Crippen molar-refractivity contribution in [2.24, 2.45) is 0 Å². The maximum absolute atomic E-state index is 12.3. The maximum atomic E-state index is 12.3. The van der Waals surface area contributed by atoms with Gasteiger partial charge in [0.05, 0.1) is 12.1 Å². The van der Waals surface area contributed by atoms with Crippen molar-refractivity contribution in [3.63, 3.8) is 0 Å². The van der Waals surface area contributed by atoms with Crippen molar-refractivity contribution in [3.05, 3.63) is 70.4 Å². The molecule has 0 bridgehead atoms. The molecule has 0 aliphatic rings. The Morgan fingerprint density at radius 3 is 2.70 bits per heavy atom. The summed E-state index contributed by atoms with van der Waals surface area (Å²) in [7, 11) is 1.60. The molecule has 1 heterocycles. The van der Waals surface area contributed by atoms with Gasteiger partial charge in [-0.1, -0.05) is 30.3 Å². The van der Waals surface area contributed by atoms with Crippen LogP contribution in [0.3, 0.4) is 0 Å². The summed E-state index contributed by atoms with van der Waals surface area (Å²) in [5.41, 5.74) is 1.40. The number of para-hydroxylation sites is 1. The van der Waals surface area contributed by atoms with Crippen molar-refractivity contribution in [1.29, 1.82) is 0 Å². The van der Waals surface area contributed by atoms with E-state index in [4.69, 9.17) is 9.15 Å². The van der Waals surface area contributed by atoms with Gasteiger partial charge in [0, 0.05) is 17.0 Å². The highest BCUT2D eigenvalue weighted by Crippen LogP contribution is 2.25. The van der Waals surface area contributed by atoms with E-state index in [2.05, 4.69) is 21.2 Å². The lowest BCUT2D eigenvalue weighted by Gasteiger charge is -2.14. The fourth-order valence-corrected chi connectivity index (χ4v) is 2.85. The molecule has 0 fully saturated rings. The first-order valence-corrected chi connectivity index (χ1v) is 8.02. The topological polar surface area (TPSA) is 51.5 Å². The van der Waals surface area contributed by atoms with Gasteiger partial charge >= 0.3 is 0 Å². The molecule has 1 atom stereocenters. The third kappa shape index (κ3) is 3.46. The van der Waals surface area contributed by atoms with Gasteiger partial charge in [-0.05, 0) is 40.2 Å². The Kier molecular flexibility index (Phi) is 4.79. The highest BCUT2D eigenvalue weighted by Gasteiger charge is 2.18. The number of carbonyl (C=O) groups excluding carboxylic acids is 1. The van der Waals surface area contributed by atoms with Crippen molar-refractivity contribution in [2.75, 3.05) is 13.7 Å². The van der Waals surface area contributed by atoms with Crippen molar-refractivity contribution in [2.45, 2.75) is 6.10 Å². The highest BCUT2D eigenvalue weighted by molar-refractivity contribution is 9.10. The van der Waals surface area contributed by atoms with Crippen LogP contribution in [0.5, 0.6) is 0 Å². The Bertz CT molecular complexity index is 795. The lowest BCUT2D eigenvalue weighted by Crippen LogP contribution is -2.29. The summed E-state index contributed by atoms with van der Waals surface area (Å²) in [6.07, 6.45) is -0.339. The molecule has 3 rings (SSSR count). The second-order valence-corrected chi connectivity index (χ2v) is 5.96. The quantitative estimate of drug-likeness (QED) is 0.724. The molecule has 118 valence electrons. The maximum Gasteiger partial charge on any atom is 0.252 e. The standard InChI is InChI=1S/C18H16BrNO3/c1-22-17(16-10-12-6-2-5-9-15(12)23-16)11-20-18(21)13-7-3-4-8-14(13)19/h2-10,17H,11H2,1H3,(H,20,21). The minimum Gasteiger partial charge on any atom is -0.458 e. The van der Waals surface area contributed by atoms with Gasteiger partial charge in [0.25, 0.3) is 5.91 Å². The Hall–Kier alpha value is -2.11. The van der Waals surface area contributed by atoms with Gasteiger partial charge in [-0.15, -0.1) is 0 Å². The number of halogens is 1. The average molecular weight is 374 g/mol. The Morgan fingerprint density at radius 1 is 1.22 bits per heavy atom. The molecular formula is C18H16BrNO3. The Balaban J connectivity index is 1.72. The molecule has 1 amide bonds. The number of rotatable bonds is 5. The fourth-order valence-electron chi connectivity index (χ4n) is 2.39. The molecule has 0 spiro atoms. The number of ether oxygens (including phenoxy) is 1. The van der Waals surface area contributed by atoms with Crippen LogP contribution in [0, 0.1) is 0 Å². The van der Waals surface area contributed by atoms with E-state index in [0.717, 1.165) is 15.4 Å². The van der Waals surface area contributed by atoms with Gasteiger partial charge in [-0.2, -0.15) is 0 Å². The SMILES string of the molecule is COC(CNC(=O)c1ccccc1Br)c1cc2ccccc2o1. The number of amides is 1. The molecule has 2 aromatic carbocycles. The molecule has 1 aromatic heterocycles. The molecule has 3 aromatic rings. The van der Waals surface area contributed by atoms with Gasteiger partial charge in [-0.25, -0.2) is 0 Å². The number of nitrogens with one attached hydrogen (secondary N) is 1. The number of benzene rings is 2. The lowest BCUT2D eigenvalue weighted by molar-refractivity contribution is 0.0746. The zero-order chi connectivity index (χ0) is 16.2. The Labute approximate surface area is 142 Å². The van der Waals surface area contributed by atoms with Crippen molar-refractivity contribution >= 4 is 32.8 Å². The third-order valence-electron chi connectivity index (χ3n) is 3.61. The van der Waals surface area contributed by atoms with Crippen LogP contribution in [0.15, 0.2) is 63.5 Å². The molecule has 23 heavy (non-hydrogen) atoms. The number of fused-ring (bicyclic) bond motifs is 1. The monoisotopic (exact) mass is 373 g/mol. The second kappa shape index (κ2) is 6.98. The smallest absolute Gasteiger partial charge is 0.252 e. The number of carbonyl (C=O) groups is 1. The zero-order valence-corrected chi connectivity index (χ0v) is 14.2. The molecular weight excluding hydrogens is 358 g/mol. The zero-order valence-electron chi connectivity index (χ0n) is 12.6. The molecule has 4 nitrogen and oxygen atoms in total. The van der Waals surface area contributed by atoms with Crippen LogP contribution in [0.2, 0.25) is 0 Å². The molecule has 5 heteroatoms. The van der Waals surface area contributed by atoms with Crippen molar-refractivity contribution in [3.8, 4) is 0 Å². The van der Waals surface area contributed by atoms with Gasteiger partial charge in [0.15, 0.2) is 0 Å². The number of hydrogen-bond donors (Lipinski definition) is 1. The summed E-state index contributed by atoms with van der Waals surface area (Å²) < 4.78 is 12.0. The first-order chi connectivity index (χ1) is 11.2. The summed E-state index contributed by atoms with van der Waals surface area (Å²) >= 11 is 3.38. The van der Waals surface area contributed by atoms with Gasteiger partial charge in [0.1, 0.15) is 17.4 Å². The van der Waals surface area contributed by atoms with Gasteiger partial charge in [0.2, 0.25) is 0 Å². The van der Waals surface area contributed by atoms with Crippen LogP contribution < -0.4 is 5.32 Å². The van der Waals surface area contributed by atoms with Crippen LogP contribution in [0.25, 0.3) is 11.0 Å². The van der Waals surface area contributed by atoms with E-state index < -0.39 is 0 Å². The van der Waals surface area contributed by atoms with Crippen LogP contribution in [0.1, 0.15) is 22.2 Å². The largest absolute Gasteiger partial charge is 0.458 e. The van der Waals surface area contributed by atoms with Gasteiger partial charge in [-0.3, -0.25) is 4.79 Å². The molecule has 1 unspecified atom stereocenters. The van der Waals surface area contributed by atoms with Gasteiger partial charge < -0.3 is 14.5 Å². The van der Waals surface area contributed by atoms with E-state index in [0.29, 0.717) is 17.9 Å². The summed E-state index contributed by atoms with van der Waals surface area (Å²) in [4.78, 5) is 12.3. The predicted molar refractivity (Wildman–Crippen MR) is 92.4 cm³/mol. The number of hydrogen-bond acceptors (Lipinski definition) is 3. The molecule has 0 aliphatic carbocycles. The normalized spacial score (nSPS) is 12.3. The van der Waals surface area contributed by atoms with Crippen LogP contribution in [-0.2, 0) is 4.74 Å². The van der Waals surface area contributed by atoms with Crippen molar-refractivity contribution in [1.82, 2.24) is 5.32 Å². The van der Waals surface area contributed by atoms with E-state index in [1.54, 1.807) is 13.2 Å². The Morgan fingerprint density at radius 2 is 1.96 bits per heavy atom. The van der Waals surface area contributed by atoms with Crippen molar-refractivity contribution < 1.29 is 13.9 Å². The predicted octanol–water partition coefficient (Wildman–Crippen LogP) is 4.31. The fraction of sp³-hybridized carbons (Fsp3) is 0.167. The van der Waals surface area contributed by atoms with E-state index >= 15 is 0 Å². The summed E-state index contributed by atoms with van der Waals surface area (Å²) in [6.45, 7) is 0.330. The van der Waals surface area contributed by atoms with E-state index in [1.165, 1.54) is 0 Å². The lowest BCUT2D eigenvalue weighted by atomic mass is 10.2. The van der Waals surface area contributed by atoms with E-state index in [9.17, 15) is 4.79 Å². The highest BCUT2D eigenvalue weighted by atomic mass is 79.9. The minimum absolute atomic E-state index is 0.157. The summed E-state index contributed by atoms with van der Waals surface area (Å²) in [5.74, 6) is 0.539. The molecule has 1 N–H and O–H groups in total. The third-order valence-corrected chi connectivity index (χ3v) is 4.30. The van der Waals surface area contributed by atoms with Crippen LogP contribution in [-0.4, -0.2) is 19.6 Å². The second-order valence-electron chi connectivity index (χ2n) is 5.10. The summed E-state index contributed by atoms with van der Waals surface area (Å²) in [6, 6.07) is 17.0. The average Bonchev–Trinajstić information content (AvgIpc) is 2.99. The first kappa shape index (κ1) is 15.8. The van der Waals surface area contributed by atoms with E-state index in [-0.39, 0.29) is 12.0 Å². The summed E-state index contributed by atoms with van der Waals surface area (Å²) in [5, 5.41) is 3.90. The number of furan rings is 1. The molecule has 0 radical (unpaired) electrons. The molecule has 0 saturated heterocycles.